The van der Waals surface area contributed by atoms with Crippen molar-refractivity contribution in [1.29, 1.82) is 0 Å². The van der Waals surface area contributed by atoms with E-state index < -0.39 is 0 Å². The molecule has 1 heterocycles. The van der Waals surface area contributed by atoms with Gasteiger partial charge >= 0.3 is 0 Å². The number of rotatable bonds is 6. The number of aliphatic imine (C=N–C) groups is 1. The Hall–Kier alpha value is -1.59. The van der Waals surface area contributed by atoms with Gasteiger partial charge in [0.05, 0.1) is 6.10 Å². The molecule has 2 rings (SSSR count). The van der Waals surface area contributed by atoms with Crippen LogP contribution in [0.25, 0.3) is 0 Å². The molecular formula is C22H38N4O. The molecule has 1 aliphatic heterocycles. The first kappa shape index (κ1) is 21.7. The van der Waals surface area contributed by atoms with Crippen LogP contribution in [0.3, 0.4) is 0 Å². The quantitative estimate of drug-likeness (QED) is 0.592. The van der Waals surface area contributed by atoms with Gasteiger partial charge in [-0.3, -0.25) is 9.89 Å². The highest BCUT2D eigenvalue weighted by Gasteiger charge is 2.26. The Morgan fingerprint density at radius 2 is 1.85 bits per heavy atom. The molecular weight excluding hydrogens is 336 g/mol. The number of nitrogens with zero attached hydrogens (tertiary/aromatic N) is 2. The van der Waals surface area contributed by atoms with E-state index in [1.807, 2.05) is 7.05 Å². The molecule has 1 aromatic rings. The van der Waals surface area contributed by atoms with Crippen LogP contribution in [0.4, 0.5) is 0 Å². The fraction of sp³-hybridized carbons (Fsp3) is 0.682. The number of hydrogen-bond donors (Lipinski definition) is 2. The molecule has 2 atom stereocenters. The fourth-order valence-electron chi connectivity index (χ4n) is 3.69. The van der Waals surface area contributed by atoms with E-state index in [0.29, 0.717) is 12.1 Å². The number of ether oxygens (including phenoxy) is 1. The van der Waals surface area contributed by atoms with E-state index in [-0.39, 0.29) is 11.5 Å². The molecule has 0 aliphatic carbocycles. The third-order valence-corrected chi connectivity index (χ3v) is 5.63. The Morgan fingerprint density at radius 1 is 1.22 bits per heavy atom. The minimum atomic E-state index is 0.0967. The summed E-state index contributed by atoms with van der Waals surface area (Å²) in [6.07, 6.45) is 2.40. The number of piperidine rings is 1. The monoisotopic (exact) mass is 374 g/mol. The molecule has 152 valence electrons. The van der Waals surface area contributed by atoms with Crippen LogP contribution in [0.2, 0.25) is 0 Å². The van der Waals surface area contributed by atoms with E-state index in [2.05, 4.69) is 78.6 Å². The first-order valence-electron chi connectivity index (χ1n) is 10.1. The normalized spacial score (nSPS) is 19.6. The van der Waals surface area contributed by atoms with Crippen LogP contribution in [0.1, 0.15) is 52.1 Å². The third-order valence-electron chi connectivity index (χ3n) is 5.63. The summed E-state index contributed by atoms with van der Waals surface area (Å²) < 4.78 is 5.63. The Bertz CT molecular complexity index is 574. The highest BCUT2D eigenvalue weighted by molar-refractivity contribution is 5.80. The minimum Gasteiger partial charge on any atom is -0.379 e. The number of likely N-dealkylation sites (tertiary alicyclic amines) is 1. The molecule has 5 heteroatoms. The molecule has 0 saturated carbocycles. The van der Waals surface area contributed by atoms with Gasteiger partial charge in [0, 0.05) is 45.9 Å². The standard InChI is InChI=1S/C22H38N4O/c1-17(18-10-8-7-9-11-18)26-14-12-19(13-15-26)25-21(23-5)24-16-20(27-6)22(2,3)4/h7-11,17,19-20H,12-16H2,1-6H3,(H2,23,24,25). The van der Waals surface area contributed by atoms with Crippen molar-refractivity contribution < 1.29 is 4.74 Å². The van der Waals surface area contributed by atoms with Crippen molar-refractivity contribution in [1.82, 2.24) is 15.5 Å². The van der Waals surface area contributed by atoms with E-state index in [0.717, 1.165) is 38.4 Å². The van der Waals surface area contributed by atoms with Crippen molar-refractivity contribution in [2.75, 3.05) is 33.8 Å². The average Bonchev–Trinajstić information content (AvgIpc) is 2.67. The predicted molar refractivity (Wildman–Crippen MR) is 114 cm³/mol. The summed E-state index contributed by atoms with van der Waals surface area (Å²) in [4.78, 5) is 6.97. The first-order chi connectivity index (χ1) is 12.8. The average molecular weight is 375 g/mol. The summed E-state index contributed by atoms with van der Waals surface area (Å²) in [6.45, 7) is 11.9. The molecule has 1 saturated heterocycles. The minimum absolute atomic E-state index is 0.0967. The van der Waals surface area contributed by atoms with Gasteiger partial charge in [-0.05, 0) is 30.7 Å². The summed E-state index contributed by atoms with van der Waals surface area (Å²) in [5.74, 6) is 0.871. The summed E-state index contributed by atoms with van der Waals surface area (Å²) in [7, 11) is 3.61. The summed E-state index contributed by atoms with van der Waals surface area (Å²) in [5, 5.41) is 7.03. The van der Waals surface area contributed by atoms with Gasteiger partial charge in [0.2, 0.25) is 0 Å². The third kappa shape index (κ3) is 6.51. The van der Waals surface area contributed by atoms with Gasteiger partial charge in [-0.15, -0.1) is 0 Å². The van der Waals surface area contributed by atoms with E-state index in [4.69, 9.17) is 4.74 Å². The maximum absolute atomic E-state index is 5.63. The lowest BCUT2D eigenvalue weighted by molar-refractivity contribution is 0.0204. The Labute approximate surface area is 165 Å². The molecule has 1 aliphatic rings. The van der Waals surface area contributed by atoms with Crippen LogP contribution < -0.4 is 10.6 Å². The molecule has 1 fully saturated rings. The van der Waals surface area contributed by atoms with Crippen molar-refractivity contribution in [3.63, 3.8) is 0 Å². The molecule has 0 spiro atoms. The number of benzene rings is 1. The van der Waals surface area contributed by atoms with Gasteiger partial charge < -0.3 is 15.4 Å². The zero-order valence-corrected chi connectivity index (χ0v) is 18.0. The van der Waals surface area contributed by atoms with Crippen LogP contribution >= 0.6 is 0 Å². The van der Waals surface area contributed by atoms with Crippen molar-refractivity contribution in [2.24, 2.45) is 10.4 Å². The Kier molecular flexibility index (Phi) is 8.11. The van der Waals surface area contributed by atoms with Gasteiger partial charge in [0.15, 0.2) is 5.96 Å². The van der Waals surface area contributed by atoms with Gasteiger partial charge in [-0.25, -0.2) is 0 Å². The number of hydrogen-bond acceptors (Lipinski definition) is 3. The molecule has 0 aromatic heterocycles. The van der Waals surface area contributed by atoms with Gasteiger partial charge in [0.1, 0.15) is 0 Å². The lowest BCUT2D eigenvalue weighted by atomic mass is 9.89. The topological polar surface area (TPSA) is 48.9 Å². The number of guanidine groups is 1. The van der Waals surface area contributed by atoms with Crippen molar-refractivity contribution in [2.45, 2.75) is 58.7 Å². The molecule has 2 N–H and O–H groups in total. The highest BCUT2D eigenvalue weighted by atomic mass is 16.5. The smallest absolute Gasteiger partial charge is 0.191 e. The van der Waals surface area contributed by atoms with Crippen molar-refractivity contribution in [3.8, 4) is 0 Å². The number of methoxy groups -OCH3 is 1. The largest absolute Gasteiger partial charge is 0.379 e. The van der Waals surface area contributed by atoms with Crippen LogP contribution in [-0.2, 0) is 4.74 Å². The zero-order valence-electron chi connectivity index (χ0n) is 18.0. The van der Waals surface area contributed by atoms with Crippen molar-refractivity contribution in [3.05, 3.63) is 35.9 Å². The number of nitrogens with one attached hydrogen (secondary N) is 2. The fourth-order valence-corrected chi connectivity index (χ4v) is 3.69. The second kappa shape index (κ2) is 10.1. The zero-order chi connectivity index (χ0) is 19.9. The molecule has 5 nitrogen and oxygen atoms in total. The molecule has 1 aromatic carbocycles. The van der Waals surface area contributed by atoms with E-state index in [1.165, 1.54) is 5.56 Å². The van der Waals surface area contributed by atoms with Crippen LogP contribution in [-0.4, -0.2) is 56.8 Å². The maximum atomic E-state index is 5.63. The lowest BCUT2D eigenvalue weighted by Crippen LogP contribution is -2.51. The molecule has 27 heavy (non-hydrogen) atoms. The SMILES string of the molecule is CN=C(NCC(OC)C(C)(C)C)NC1CCN(C(C)c2ccccc2)CC1. The molecule has 0 radical (unpaired) electrons. The molecule has 0 amide bonds. The Balaban J connectivity index is 1.80. The summed E-state index contributed by atoms with van der Waals surface area (Å²) >= 11 is 0. The van der Waals surface area contributed by atoms with Gasteiger partial charge in [-0.2, -0.15) is 0 Å². The van der Waals surface area contributed by atoms with Crippen molar-refractivity contribution >= 4 is 5.96 Å². The second-order valence-electron chi connectivity index (χ2n) is 8.58. The second-order valence-corrected chi connectivity index (χ2v) is 8.58. The highest BCUT2D eigenvalue weighted by Crippen LogP contribution is 2.24. The summed E-state index contributed by atoms with van der Waals surface area (Å²) in [6, 6.07) is 11.7. The Morgan fingerprint density at radius 3 is 2.37 bits per heavy atom. The van der Waals surface area contributed by atoms with Crippen LogP contribution in [0.5, 0.6) is 0 Å². The maximum Gasteiger partial charge on any atom is 0.191 e. The van der Waals surface area contributed by atoms with Crippen LogP contribution in [0, 0.1) is 5.41 Å². The van der Waals surface area contributed by atoms with Gasteiger partial charge in [-0.1, -0.05) is 51.1 Å². The van der Waals surface area contributed by atoms with E-state index in [9.17, 15) is 0 Å². The predicted octanol–water partition coefficient (Wildman–Crippen LogP) is 3.44. The first-order valence-corrected chi connectivity index (χ1v) is 10.1. The van der Waals surface area contributed by atoms with E-state index in [1.54, 1.807) is 7.11 Å². The van der Waals surface area contributed by atoms with E-state index >= 15 is 0 Å². The molecule has 2 unspecified atom stereocenters. The molecule has 0 bridgehead atoms. The van der Waals surface area contributed by atoms with Gasteiger partial charge in [0.25, 0.3) is 0 Å². The lowest BCUT2D eigenvalue weighted by Gasteiger charge is -2.37. The van der Waals surface area contributed by atoms with Crippen LogP contribution in [0.15, 0.2) is 35.3 Å². The summed E-state index contributed by atoms with van der Waals surface area (Å²) in [5.41, 5.74) is 1.49.